The van der Waals surface area contributed by atoms with E-state index in [1.165, 1.54) is 4.52 Å². The highest BCUT2D eigenvalue weighted by atomic mass is 31.2. The number of hydrogen-bond donors (Lipinski definition) is 1. The fourth-order valence-electron chi connectivity index (χ4n) is 2.65. The van der Waals surface area contributed by atoms with Gasteiger partial charge in [-0.3, -0.25) is 13.6 Å². The zero-order valence-electron chi connectivity index (χ0n) is 20.5. The van der Waals surface area contributed by atoms with Crippen molar-refractivity contribution in [2.24, 2.45) is 0 Å². The van der Waals surface area contributed by atoms with Crippen molar-refractivity contribution in [1.29, 1.82) is 0 Å². The number of nitrogen functional groups attached to an aromatic ring is 1. The van der Waals surface area contributed by atoms with Gasteiger partial charge in [0.05, 0.1) is 18.3 Å². The van der Waals surface area contributed by atoms with Gasteiger partial charge < -0.3 is 29.4 Å². The first-order chi connectivity index (χ1) is 16.9. The minimum Gasteiger partial charge on any atom is -0.432 e. The van der Waals surface area contributed by atoms with Gasteiger partial charge in [0, 0.05) is 12.1 Å². The molecule has 202 valence electrons. The lowest BCUT2D eigenvalue weighted by Gasteiger charge is -2.21. The summed E-state index contributed by atoms with van der Waals surface area (Å²) in [5.74, 6) is -0.0272. The van der Waals surface area contributed by atoms with Crippen molar-refractivity contribution in [3.05, 3.63) is 23.9 Å². The quantitative estimate of drug-likeness (QED) is 0.224. The van der Waals surface area contributed by atoms with Crippen molar-refractivity contribution in [2.45, 2.75) is 59.4 Å². The van der Waals surface area contributed by atoms with Gasteiger partial charge in [0.15, 0.2) is 5.82 Å². The molecule has 0 spiro atoms. The summed E-state index contributed by atoms with van der Waals surface area (Å²) in [6.45, 7) is 6.54. The number of carbonyl (C=O) groups is 2. The van der Waals surface area contributed by atoms with Crippen molar-refractivity contribution in [1.82, 2.24) is 14.6 Å². The Hall–Kier alpha value is -3.00. The molecule has 2 rings (SSSR count). The Morgan fingerprint density at radius 2 is 1.58 bits per heavy atom. The van der Waals surface area contributed by atoms with Crippen LogP contribution < -0.4 is 5.73 Å². The summed E-state index contributed by atoms with van der Waals surface area (Å²) >= 11 is 0. The standard InChI is InChI=1S/C20H30FN4O10P/c1-12(2)34-19(26)29-9-32-36(28,33-10-30-20(27)35-13(3)4)11-31-14(5)8-15-6-7-16-17(22)23-18(21)24-25(15)16/h6-7,12-14H,8-11H2,1-5H3,(H2,22,23,24). The Balaban J connectivity index is 1.98. The molecule has 0 aliphatic rings. The van der Waals surface area contributed by atoms with Gasteiger partial charge in [0.25, 0.3) is 0 Å². The molecule has 1 atom stereocenters. The SMILES string of the molecule is CC(C)OC(=O)OCOP(=O)(COC(C)Cc1ccc2c(N)nc(F)nn12)OCOC(=O)OC(C)C. The van der Waals surface area contributed by atoms with Crippen LogP contribution in [0.4, 0.5) is 19.8 Å². The minimum absolute atomic E-state index is 0.0272. The fraction of sp³-hybridized carbons (Fsp3) is 0.600. The van der Waals surface area contributed by atoms with E-state index in [1.54, 1.807) is 46.8 Å². The Kier molecular flexibility index (Phi) is 10.8. The first kappa shape index (κ1) is 29.2. The average Bonchev–Trinajstić information content (AvgIpc) is 3.14. The molecule has 0 aliphatic heterocycles. The van der Waals surface area contributed by atoms with Crippen LogP contribution >= 0.6 is 7.60 Å². The second-order valence-corrected chi connectivity index (χ2v) is 9.92. The summed E-state index contributed by atoms with van der Waals surface area (Å²) in [5, 5.41) is 3.69. The predicted octanol–water partition coefficient (Wildman–Crippen LogP) is 3.62. The molecule has 14 nitrogen and oxygen atoms in total. The third-order valence-corrected chi connectivity index (χ3v) is 5.58. The minimum atomic E-state index is -4.11. The molecule has 0 aliphatic carbocycles. The molecule has 2 N–H and O–H groups in total. The molecular weight excluding hydrogens is 506 g/mol. The summed E-state index contributed by atoms with van der Waals surface area (Å²) < 4.78 is 62.7. The summed E-state index contributed by atoms with van der Waals surface area (Å²) in [6.07, 6.45) is -4.96. The number of aromatic nitrogens is 3. The highest BCUT2D eigenvalue weighted by molar-refractivity contribution is 7.53. The number of nitrogens with two attached hydrogens (primary N) is 1. The van der Waals surface area contributed by atoms with Gasteiger partial charge in [-0.1, -0.05) is 0 Å². The summed E-state index contributed by atoms with van der Waals surface area (Å²) in [6, 6.07) is 3.28. The van der Waals surface area contributed by atoms with Crippen LogP contribution in [0.5, 0.6) is 0 Å². The largest absolute Gasteiger partial charge is 0.510 e. The van der Waals surface area contributed by atoms with Gasteiger partial charge in [0.2, 0.25) is 13.6 Å². The van der Waals surface area contributed by atoms with Crippen LogP contribution in [0.15, 0.2) is 12.1 Å². The normalized spacial score (nSPS) is 12.7. The van der Waals surface area contributed by atoms with Crippen molar-refractivity contribution >= 4 is 31.2 Å². The zero-order valence-corrected chi connectivity index (χ0v) is 21.4. The molecule has 0 saturated carbocycles. The number of anilines is 1. The smallest absolute Gasteiger partial charge is 0.432 e. The van der Waals surface area contributed by atoms with E-state index in [1.807, 2.05) is 0 Å². The number of halogens is 1. The Morgan fingerprint density at radius 3 is 2.11 bits per heavy atom. The molecule has 0 saturated heterocycles. The van der Waals surface area contributed by atoms with Gasteiger partial charge in [-0.05, 0) is 46.8 Å². The number of rotatable bonds is 13. The van der Waals surface area contributed by atoms with E-state index in [9.17, 15) is 18.5 Å². The van der Waals surface area contributed by atoms with E-state index < -0.39 is 64.2 Å². The first-order valence-electron chi connectivity index (χ1n) is 10.8. The maximum Gasteiger partial charge on any atom is 0.510 e. The predicted molar refractivity (Wildman–Crippen MR) is 121 cm³/mol. The van der Waals surface area contributed by atoms with Crippen molar-refractivity contribution < 1.29 is 51.3 Å². The lowest BCUT2D eigenvalue weighted by molar-refractivity contribution is -0.0364. The molecule has 1 unspecified atom stereocenters. The van der Waals surface area contributed by atoms with E-state index in [0.29, 0.717) is 11.2 Å². The lowest BCUT2D eigenvalue weighted by atomic mass is 10.2. The molecule has 0 fully saturated rings. The number of carbonyl (C=O) groups excluding carboxylic acids is 2. The van der Waals surface area contributed by atoms with Gasteiger partial charge in [-0.15, -0.1) is 5.10 Å². The molecule has 0 amide bonds. The third kappa shape index (κ3) is 9.57. The molecule has 0 aromatic carbocycles. The maximum atomic E-state index is 13.6. The third-order valence-electron chi connectivity index (χ3n) is 4.12. The lowest BCUT2D eigenvalue weighted by Crippen LogP contribution is -2.19. The molecule has 0 radical (unpaired) electrons. The van der Waals surface area contributed by atoms with E-state index >= 15 is 0 Å². The van der Waals surface area contributed by atoms with Gasteiger partial charge in [-0.2, -0.15) is 9.37 Å². The van der Waals surface area contributed by atoms with Crippen LogP contribution in [0.2, 0.25) is 0 Å². The molecule has 0 bridgehead atoms. The molecular formula is C20H30FN4O10P. The highest BCUT2D eigenvalue weighted by Gasteiger charge is 2.29. The van der Waals surface area contributed by atoms with Crippen molar-refractivity contribution in [2.75, 3.05) is 25.7 Å². The zero-order chi connectivity index (χ0) is 26.9. The first-order valence-corrected chi connectivity index (χ1v) is 12.6. The van der Waals surface area contributed by atoms with Gasteiger partial charge >= 0.3 is 26.0 Å². The van der Waals surface area contributed by atoms with Crippen molar-refractivity contribution in [3.63, 3.8) is 0 Å². The monoisotopic (exact) mass is 536 g/mol. The highest BCUT2D eigenvalue weighted by Crippen LogP contribution is 2.48. The topological polar surface area (TPSA) is 172 Å². The summed E-state index contributed by atoms with van der Waals surface area (Å²) in [7, 11) is -4.11. The average molecular weight is 536 g/mol. The number of hydrogen-bond acceptors (Lipinski definition) is 13. The van der Waals surface area contributed by atoms with Gasteiger partial charge in [0.1, 0.15) is 11.9 Å². The number of fused-ring (bicyclic) bond motifs is 1. The Labute approximate surface area is 206 Å². The molecule has 2 aromatic heterocycles. The molecule has 2 aromatic rings. The summed E-state index contributed by atoms with van der Waals surface area (Å²) in [5.41, 5.74) is 6.66. The van der Waals surface area contributed by atoms with Crippen LogP contribution in [0.1, 0.15) is 40.3 Å². The van der Waals surface area contributed by atoms with Crippen molar-refractivity contribution in [3.8, 4) is 0 Å². The van der Waals surface area contributed by atoms with E-state index in [2.05, 4.69) is 10.1 Å². The second-order valence-electron chi connectivity index (χ2n) is 7.92. The summed E-state index contributed by atoms with van der Waals surface area (Å²) in [4.78, 5) is 26.5. The van der Waals surface area contributed by atoms with E-state index in [-0.39, 0.29) is 12.2 Å². The van der Waals surface area contributed by atoms with Crippen LogP contribution in [-0.4, -0.2) is 65.2 Å². The number of ether oxygens (including phenoxy) is 5. The van der Waals surface area contributed by atoms with Gasteiger partial charge in [-0.25, -0.2) is 14.1 Å². The fourth-order valence-corrected chi connectivity index (χ4v) is 3.73. The molecule has 36 heavy (non-hydrogen) atoms. The van der Waals surface area contributed by atoms with E-state index in [4.69, 9.17) is 38.5 Å². The Bertz CT molecular complexity index is 1050. The Morgan fingerprint density at radius 1 is 1.03 bits per heavy atom. The van der Waals surface area contributed by atoms with Crippen LogP contribution in [0.25, 0.3) is 5.52 Å². The molecule has 2 heterocycles. The van der Waals surface area contributed by atoms with Crippen LogP contribution in [0, 0.1) is 6.08 Å². The number of nitrogens with zero attached hydrogens (tertiary/aromatic N) is 3. The van der Waals surface area contributed by atoms with E-state index in [0.717, 1.165) is 0 Å². The van der Waals surface area contributed by atoms with Crippen LogP contribution in [-0.2, 0) is 43.7 Å². The van der Waals surface area contributed by atoms with Crippen LogP contribution in [0.3, 0.4) is 0 Å². The molecule has 16 heteroatoms. The second kappa shape index (κ2) is 13.3. The maximum absolute atomic E-state index is 13.6.